The molecule has 1 aromatic rings. The van der Waals surface area contributed by atoms with E-state index in [9.17, 15) is 4.79 Å². The van der Waals surface area contributed by atoms with Gasteiger partial charge >= 0.3 is 0 Å². The number of primary amides is 1. The second-order valence-electron chi connectivity index (χ2n) is 4.04. The molecule has 0 aliphatic rings. The van der Waals surface area contributed by atoms with Crippen LogP contribution in [-0.4, -0.2) is 25.2 Å². The first kappa shape index (κ1) is 13.5. The molecule has 1 aromatic carbocycles. The van der Waals surface area contributed by atoms with Crippen LogP contribution in [0, 0.1) is 0 Å². The van der Waals surface area contributed by atoms with E-state index in [1.54, 1.807) is 0 Å². The van der Waals surface area contributed by atoms with Crippen molar-refractivity contribution in [1.82, 2.24) is 0 Å². The van der Waals surface area contributed by atoms with Crippen molar-refractivity contribution in [2.24, 2.45) is 5.73 Å². The van der Waals surface area contributed by atoms with Gasteiger partial charge in [-0.1, -0.05) is 12.1 Å². The SMILES string of the molecule is CCOCC(C)Nc1ccc(CC(N)=O)cc1. The minimum Gasteiger partial charge on any atom is -0.380 e. The van der Waals surface area contributed by atoms with Gasteiger partial charge in [0.25, 0.3) is 0 Å². The number of hydrogen-bond acceptors (Lipinski definition) is 3. The van der Waals surface area contributed by atoms with Crippen LogP contribution in [0.4, 0.5) is 5.69 Å². The van der Waals surface area contributed by atoms with Gasteiger partial charge in [-0.15, -0.1) is 0 Å². The van der Waals surface area contributed by atoms with Gasteiger partial charge in [-0.2, -0.15) is 0 Å². The molecule has 3 N–H and O–H groups in total. The lowest BCUT2D eigenvalue weighted by atomic mass is 10.1. The third kappa shape index (κ3) is 5.36. The minimum atomic E-state index is -0.310. The molecular weight excluding hydrogens is 216 g/mol. The number of carbonyl (C=O) groups excluding carboxylic acids is 1. The third-order valence-electron chi connectivity index (χ3n) is 2.32. The highest BCUT2D eigenvalue weighted by Crippen LogP contribution is 2.11. The molecule has 0 saturated carbocycles. The van der Waals surface area contributed by atoms with Crippen molar-refractivity contribution in [2.45, 2.75) is 26.3 Å². The van der Waals surface area contributed by atoms with Crippen LogP contribution < -0.4 is 11.1 Å². The summed E-state index contributed by atoms with van der Waals surface area (Å²) in [4.78, 5) is 10.7. The van der Waals surface area contributed by atoms with Gasteiger partial charge in [-0.3, -0.25) is 4.79 Å². The Morgan fingerprint density at radius 3 is 2.59 bits per heavy atom. The smallest absolute Gasteiger partial charge is 0.221 e. The van der Waals surface area contributed by atoms with Gasteiger partial charge in [-0.05, 0) is 31.5 Å². The molecule has 1 unspecified atom stereocenters. The fourth-order valence-corrected chi connectivity index (χ4v) is 1.54. The highest BCUT2D eigenvalue weighted by Gasteiger charge is 2.02. The maximum absolute atomic E-state index is 10.7. The van der Waals surface area contributed by atoms with E-state index in [0.29, 0.717) is 6.61 Å². The predicted molar refractivity (Wildman–Crippen MR) is 68.9 cm³/mol. The van der Waals surface area contributed by atoms with E-state index >= 15 is 0 Å². The number of anilines is 1. The van der Waals surface area contributed by atoms with Crippen LogP contribution in [0.15, 0.2) is 24.3 Å². The fraction of sp³-hybridized carbons (Fsp3) is 0.462. The molecule has 17 heavy (non-hydrogen) atoms. The molecule has 0 radical (unpaired) electrons. The summed E-state index contributed by atoms with van der Waals surface area (Å²) < 4.78 is 5.32. The predicted octanol–water partition coefficient (Wildman–Crippen LogP) is 1.55. The number of carbonyl (C=O) groups is 1. The Bertz CT molecular complexity index is 349. The Morgan fingerprint density at radius 2 is 2.06 bits per heavy atom. The van der Waals surface area contributed by atoms with E-state index in [0.717, 1.165) is 17.9 Å². The summed E-state index contributed by atoms with van der Waals surface area (Å²) in [6.45, 7) is 5.45. The summed E-state index contributed by atoms with van der Waals surface area (Å²) in [7, 11) is 0. The largest absolute Gasteiger partial charge is 0.380 e. The van der Waals surface area contributed by atoms with E-state index in [1.165, 1.54) is 0 Å². The summed E-state index contributed by atoms with van der Waals surface area (Å²) in [6, 6.07) is 7.96. The molecule has 0 spiro atoms. The van der Waals surface area contributed by atoms with Crippen molar-refractivity contribution >= 4 is 11.6 Å². The van der Waals surface area contributed by atoms with Crippen LogP contribution in [0.3, 0.4) is 0 Å². The molecule has 4 nitrogen and oxygen atoms in total. The molecule has 1 atom stereocenters. The van der Waals surface area contributed by atoms with Crippen molar-refractivity contribution in [1.29, 1.82) is 0 Å². The number of rotatable bonds is 7. The first-order chi connectivity index (χ1) is 8.11. The molecule has 0 aliphatic heterocycles. The molecule has 94 valence electrons. The van der Waals surface area contributed by atoms with Crippen LogP contribution >= 0.6 is 0 Å². The van der Waals surface area contributed by atoms with Crippen molar-refractivity contribution in [2.75, 3.05) is 18.5 Å². The van der Waals surface area contributed by atoms with E-state index in [1.807, 2.05) is 31.2 Å². The minimum absolute atomic E-state index is 0.261. The zero-order chi connectivity index (χ0) is 12.7. The molecule has 0 aliphatic carbocycles. The zero-order valence-electron chi connectivity index (χ0n) is 10.4. The topological polar surface area (TPSA) is 64.3 Å². The van der Waals surface area contributed by atoms with Gasteiger partial charge in [0.2, 0.25) is 5.91 Å². The molecule has 0 fully saturated rings. The van der Waals surface area contributed by atoms with Crippen molar-refractivity contribution in [3.63, 3.8) is 0 Å². The zero-order valence-corrected chi connectivity index (χ0v) is 10.4. The van der Waals surface area contributed by atoms with E-state index in [4.69, 9.17) is 10.5 Å². The summed E-state index contributed by atoms with van der Waals surface area (Å²) in [5.41, 5.74) is 7.08. The summed E-state index contributed by atoms with van der Waals surface area (Å²) in [6.07, 6.45) is 0.286. The second kappa shape index (κ2) is 6.91. The Kier molecular flexibility index (Phi) is 5.49. The number of nitrogens with one attached hydrogen (secondary N) is 1. The number of amides is 1. The van der Waals surface area contributed by atoms with Gasteiger partial charge < -0.3 is 15.8 Å². The normalized spacial score (nSPS) is 12.1. The Balaban J connectivity index is 2.47. The third-order valence-corrected chi connectivity index (χ3v) is 2.32. The average molecular weight is 236 g/mol. The maximum Gasteiger partial charge on any atom is 0.221 e. The fourth-order valence-electron chi connectivity index (χ4n) is 1.54. The van der Waals surface area contributed by atoms with Crippen molar-refractivity contribution in [3.05, 3.63) is 29.8 Å². The molecule has 0 heterocycles. The first-order valence-electron chi connectivity index (χ1n) is 5.83. The summed E-state index contributed by atoms with van der Waals surface area (Å²) in [5, 5.41) is 3.32. The van der Waals surface area contributed by atoms with Gasteiger partial charge in [0, 0.05) is 18.3 Å². The molecular formula is C13H20N2O2. The van der Waals surface area contributed by atoms with Crippen LogP contribution in [0.25, 0.3) is 0 Å². The molecule has 0 saturated heterocycles. The molecule has 4 heteroatoms. The van der Waals surface area contributed by atoms with Gasteiger partial charge in [0.1, 0.15) is 0 Å². The monoisotopic (exact) mass is 236 g/mol. The lowest BCUT2D eigenvalue weighted by molar-refractivity contribution is -0.117. The number of ether oxygens (including phenoxy) is 1. The van der Waals surface area contributed by atoms with Crippen LogP contribution in [0.5, 0.6) is 0 Å². The lowest BCUT2D eigenvalue weighted by Gasteiger charge is -2.15. The highest BCUT2D eigenvalue weighted by molar-refractivity contribution is 5.76. The van der Waals surface area contributed by atoms with Gasteiger partial charge in [0.15, 0.2) is 0 Å². The summed E-state index contributed by atoms with van der Waals surface area (Å²) in [5.74, 6) is -0.310. The number of benzene rings is 1. The molecule has 1 amide bonds. The van der Waals surface area contributed by atoms with Crippen molar-refractivity contribution in [3.8, 4) is 0 Å². The lowest BCUT2D eigenvalue weighted by Crippen LogP contribution is -2.21. The molecule has 1 rings (SSSR count). The second-order valence-corrected chi connectivity index (χ2v) is 4.04. The Labute approximate surface area is 102 Å². The van der Waals surface area contributed by atoms with E-state index in [2.05, 4.69) is 12.2 Å². The van der Waals surface area contributed by atoms with Crippen LogP contribution in [0.1, 0.15) is 19.4 Å². The van der Waals surface area contributed by atoms with E-state index in [-0.39, 0.29) is 18.4 Å². The van der Waals surface area contributed by atoms with Gasteiger partial charge in [0.05, 0.1) is 13.0 Å². The number of hydrogen-bond donors (Lipinski definition) is 2. The molecule has 0 aromatic heterocycles. The summed E-state index contributed by atoms with van der Waals surface area (Å²) >= 11 is 0. The Hall–Kier alpha value is -1.55. The van der Waals surface area contributed by atoms with E-state index < -0.39 is 0 Å². The maximum atomic E-state index is 10.7. The van der Waals surface area contributed by atoms with Crippen LogP contribution in [-0.2, 0) is 16.0 Å². The highest BCUT2D eigenvalue weighted by atomic mass is 16.5. The first-order valence-corrected chi connectivity index (χ1v) is 5.83. The standard InChI is InChI=1S/C13H20N2O2/c1-3-17-9-10(2)15-12-6-4-11(5-7-12)8-13(14)16/h4-7,10,15H,3,8-9H2,1-2H3,(H2,14,16). The molecule has 0 bridgehead atoms. The van der Waals surface area contributed by atoms with Crippen molar-refractivity contribution < 1.29 is 9.53 Å². The van der Waals surface area contributed by atoms with Crippen LogP contribution in [0.2, 0.25) is 0 Å². The quantitative estimate of drug-likeness (QED) is 0.755. The average Bonchev–Trinajstić information content (AvgIpc) is 2.28. The Morgan fingerprint density at radius 1 is 1.41 bits per heavy atom. The van der Waals surface area contributed by atoms with Gasteiger partial charge in [-0.25, -0.2) is 0 Å². The number of nitrogens with two attached hydrogens (primary N) is 1.